The number of ketones is 1. The van der Waals surface area contributed by atoms with Crippen molar-refractivity contribution in [3.05, 3.63) is 50.6 Å². The van der Waals surface area contributed by atoms with Gasteiger partial charge in [0.05, 0.1) is 23.1 Å². The van der Waals surface area contributed by atoms with Gasteiger partial charge in [-0.1, -0.05) is 35.8 Å². The number of halogens is 1. The molecule has 2 aliphatic heterocycles. The van der Waals surface area contributed by atoms with Crippen LogP contribution in [0, 0.1) is 5.41 Å². The van der Waals surface area contributed by atoms with Gasteiger partial charge >= 0.3 is 0 Å². The van der Waals surface area contributed by atoms with Crippen LogP contribution < -0.4 is 4.74 Å². The number of benzene rings is 1. The first-order valence-corrected chi connectivity index (χ1v) is 10.9. The first-order chi connectivity index (χ1) is 12.9. The number of rotatable bonds is 1. The maximum absolute atomic E-state index is 12.7. The van der Waals surface area contributed by atoms with Crippen molar-refractivity contribution in [2.24, 2.45) is 10.5 Å². The number of carbonyl (C=O) groups excluding carboxylic acids is 1. The molecule has 5 rings (SSSR count). The fraction of sp³-hybridized carbons (Fsp3) is 0.429. The van der Waals surface area contributed by atoms with E-state index in [1.165, 1.54) is 4.88 Å². The average Bonchev–Trinajstić information content (AvgIpc) is 3.23. The lowest BCUT2D eigenvalue weighted by atomic mass is 9.71. The smallest absolute Gasteiger partial charge is 0.205 e. The van der Waals surface area contributed by atoms with Crippen LogP contribution in [0.3, 0.4) is 0 Å². The summed E-state index contributed by atoms with van der Waals surface area (Å²) in [6.45, 7) is 4.31. The van der Waals surface area contributed by atoms with Crippen molar-refractivity contribution in [2.75, 3.05) is 0 Å². The van der Waals surface area contributed by atoms with Crippen molar-refractivity contribution < 1.29 is 9.53 Å². The van der Waals surface area contributed by atoms with E-state index in [1.54, 1.807) is 11.3 Å². The number of carbonyl (C=O) groups is 1. The molecule has 0 N–H and O–H groups in total. The minimum Gasteiger partial charge on any atom is -0.466 e. The number of fused-ring (bicyclic) bond motifs is 4. The molecule has 1 saturated carbocycles. The van der Waals surface area contributed by atoms with Crippen LogP contribution in [0.1, 0.15) is 56.0 Å². The zero-order valence-corrected chi connectivity index (χ0v) is 17.8. The zero-order valence-electron chi connectivity index (χ0n) is 15.4. The number of nitrogens with zero attached hydrogens (tertiary/aromatic N) is 2. The summed E-state index contributed by atoms with van der Waals surface area (Å²) in [5.41, 5.74) is 1.43. The standard InChI is InChI=1S/C21H21BrN2O2S/c1-20(2)10-14(25)11-21(12-20)24-17(9-16(23-24)19-4-3-7-27-19)15-8-13(22)5-6-18(15)26-21/h3-8,17H,9-12H2,1-2H3. The van der Waals surface area contributed by atoms with Crippen molar-refractivity contribution in [1.82, 2.24) is 5.01 Å². The predicted molar refractivity (Wildman–Crippen MR) is 110 cm³/mol. The van der Waals surface area contributed by atoms with Crippen LogP contribution >= 0.6 is 27.3 Å². The molecule has 1 aromatic carbocycles. The van der Waals surface area contributed by atoms with E-state index in [2.05, 4.69) is 58.4 Å². The summed E-state index contributed by atoms with van der Waals surface area (Å²) in [5.74, 6) is 1.14. The minimum atomic E-state index is -0.691. The topological polar surface area (TPSA) is 41.9 Å². The second-order valence-electron chi connectivity index (χ2n) is 8.55. The van der Waals surface area contributed by atoms with Crippen molar-refractivity contribution >= 4 is 38.8 Å². The van der Waals surface area contributed by atoms with Gasteiger partial charge in [-0.15, -0.1) is 11.3 Å². The molecule has 0 bridgehead atoms. The Morgan fingerprint density at radius 1 is 1.30 bits per heavy atom. The van der Waals surface area contributed by atoms with Gasteiger partial charge in [-0.05, 0) is 35.1 Å². The van der Waals surface area contributed by atoms with Crippen LogP contribution in [0.2, 0.25) is 0 Å². The van der Waals surface area contributed by atoms with E-state index in [4.69, 9.17) is 9.84 Å². The molecule has 6 heteroatoms. The van der Waals surface area contributed by atoms with Gasteiger partial charge in [-0.2, -0.15) is 5.10 Å². The summed E-state index contributed by atoms with van der Waals surface area (Å²) >= 11 is 5.30. The Bertz CT molecular complexity index is 953. The highest BCUT2D eigenvalue weighted by atomic mass is 79.9. The number of Topliss-reactive ketones (excluding diaryl/α,β-unsaturated/α-hetero) is 1. The molecule has 0 radical (unpaired) electrons. The third-order valence-electron chi connectivity index (χ3n) is 5.67. The maximum Gasteiger partial charge on any atom is 0.205 e. The Morgan fingerprint density at radius 2 is 2.15 bits per heavy atom. The monoisotopic (exact) mass is 444 g/mol. The molecule has 1 spiro atoms. The average molecular weight is 445 g/mol. The quantitative estimate of drug-likeness (QED) is 0.580. The van der Waals surface area contributed by atoms with Crippen LogP contribution in [-0.2, 0) is 4.79 Å². The van der Waals surface area contributed by atoms with E-state index < -0.39 is 5.72 Å². The maximum atomic E-state index is 12.7. The molecule has 2 aromatic rings. The largest absolute Gasteiger partial charge is 0.466 e. The lowest BCUT2D eigenvalue weighted by molar-refractivity contribution is -0.171. The number of hydrogen-bond acceptors (Lipinski definition) is 5. The summed E-state index contributed by atoms with van der Waals surface area (Å²) in [6.07, 6.45) is 2.62. The third-order valence-corrected chi connectivity index (χ3v) is 7.08. The van der Waals surface area contributed by atoms with Gasteiger partial charge in [0.25, 0.3) is 0 Å². The fourth-order valence-electron chi connectivity index (χ4n) is 4.86. The molecule has 0 saturated heterocycles. The van der Waals surface area contributed by atoms with Gasteiger partial charge in [-0.3, -0.25) is 4.79 Å². The second kappa shape index (κ2) is 5.92. The van der Waals surface area contributed by atoms with Crippen LogP contribution in [0.4, 0.5) is 0 Å². The second-order valence-corrected chi connectivity index (χ2v) is 10.4. The van der Waals surface area contributed by atoms with Crippen LogP contribution in [0.25, 0.3) is 0 Å². The normalized spacial score (nSPS) is 28.6. The Kier molecular flexibility index (Phi) is 3.82. The molecule has 27 heavy (non-hydrogen) atoms. The summed E-state index contributed by atoms with van der Waals surface area (Å²) in [4.78, 5) is 13.8. The Labute approximate surface area is 171 Å². The first-order valence-electron chi connectivity index (χ1n) is 9.26. The molecule has 2 unspecified atom stereocenters. The number of ether oxygens (including phenoxy) is 1. The molecular formula is C21H21BrN2O2S. The summed E-state index contributed by atoms with van der Waals surface area (Å²) in [6, 6.07) is 10.4. The summed E-state index contributed by atoms with van der Waals surface area (Å²) < 4.78 is 7.61. The van der Waals surface area contributed by atoms with Crippen molar-refractivity contribution in [2.45, 2.75) is 51.3 Å². The van der Waals surface area contributed by atoms with Gasteiger partial charge in [-0.25, -0.2) is 5.01 Å². The molecular weight excluding hydrogens is 424 g/mol. The van der Waals surface area contributed by atoms with Gasteiger partial charge in [0.1, 0.15) is 11.5 Å². The van der Waals surface area contributed by atoms with Crippen molar-refractivity contribution in [3.63, 3.8) is 0 Å². The first kappa shape index (κ1) is 17.4. The molecule has 140 valence electrons. The highest BCUT2D eigenvalue weighted by Gasteiger charge is 2.56. The Hall–Kier alpha value is -1.66. The highest BCUT2D eigenvalue weighted by Crippen LogP contribution is 2.54. The van der Waals surface area contributed by atoms with E-state index in [0.29, 0.717) is 12.8 Å². The third kappa shape index (κ3) is 2.85. The Morgan fingerprint density at radius 3 is 2.89 bits per heavy atom. The molecule has 4 nitrogen and oxygen atoms in total. The van der Waals surface area contributed by atoms with E-state index >= 15 is 0 Å². The van der Waals surface area contributed by atoms with Gasteiger partial charge in [0, 0.05) is 29.3 Å². The zero-order chi connectivity index (χ0) is 18.8. The van der Waals surface area contributed by atoms with Crippen molar-refractivity contribution in [1.29, 1.82) is 0 Å². The number of thiophene rings is 1. The summed E-state index contributed by atoms with van der Waals surface area (Å²) in [5, 5.41) is 9.22. The molecule has 1 aromatic heterocycles. The predicted octanol–water partition coefficient (Wildman–Crippen LogP) is 5.53. The lowest BCUT2D eigenvalue weighted by Crippen LogP contribution is -2.59. The molecule has 0 amide bonds. The van der Waals surface area contributed by atoms with E-state index in [9.17, 15) is 4.79 Å². The molecule has 1 aliphatic carbocycles. The van der Waals surface area contributed by atoms with Gasteiger partial charge in [0.15, 0.2) is 0 Å². The van der Waals surface area contributed by atoms with Gasteiger partial charge < -0.3 is 4.74 Å². The molecule has 1 fully saturated rings. The van der Waals surface area contributed by atoms with E-state index in [1.807, 2.05) is 12.1 Å². The lowest BCUT2D eigenvalue weighted by Gasteiger charge is -2.52. The molecule has 3 aliphatic rings. The van der Waals surface area contributed by atoms with Crippen LogP contribution in [-0.4, -0.2) is 22.2 Å². The number of hydrogen-bond donors (Lipinski definition) is 0. The van der Waals surface area contributed by atoms with Crippen molar-refractivity contribution in [3.8, 4) is 5.75 Å². The van der Waals surface area contributed by atoms with E-state index in [-0.39, 0.29) is 17.2 Å². The molecule has 2 atom stereocenters. The number of hydrazone groups is 1. The Balaban J connectivity index is 1.65. The van der Waals surface area contributed by atoms with E-state index in [0.717, 1.165) is 34.3 Å². The minimum absolute atomic E-state index is 0.102. The fourth-order valence-corrected chi connectivity index (χ4v) is 5.95. The van der Waals surface area contributed by atoms with Gasteiger partial charge in [0.2, 0.25) is 5.72 Å². The highest BCUT2D eigenvalue weighted by molar-refractivity contribution is 9.10. The SMILES string of the molecule is CC1(C)CC(=O)CC2(C1)Oc1ccc(Br)cc1C1CC(c3cccs3)=NN12. The summed E-state index contributed by atoms with van der Waals surface area (Å²) in [7, 11) is 0. The van der Waals surface area contributed by atoms with Crippen LogP contribution in [0.15, 0.2) is 45.3 Å². The molecule has 3 heterocycles. The van der Waals surface area contributed by atoms with Crippen LogP contribution in [0.5, 0.6) is 5.75 Å².